The lowest BCUT2D eigenvalue weighted by Crippen LogP contribution is -2.03. The first-order valence-electron chi connectivity index (χ1n) is 7.30. The standard InChI is InChI=1S/C18H14BrN3O/c19-14-8-9-16-21-17(15-7-4-10-23-15)18(22(16)12-14)20-11-13-5-2-1-3-6-13/h1-10,12,20H,11H2. The lowest BCUT2D eigenvalue weighted by atomic mass is 10.2. The maximum atomic E-state index is 5.54. The molecule has 114 valence electrons. The summed E-state index contributed by atoms with van der Waals surface area (Å²) in [4.78, 5) is 4.69. The zero-order valence-electron chi connectivity index (χ0n) is 12.2. The SMILES string of the molecule is Brc1ccc2nc(-c3ccco3)c(NCc3ccccc3)n2c1. The van der Waals surface area contributed by atoms with Crippen molar-refractivity contribution in [1.29, 1.82) is 0 Å². The number of aromatic nitrogens is 2. The van der Waals surface area contributed by atoms with Gasteiger partial charge in [-0.3, -0.25) is 4.40 Å². The number of fused-ring (bicyclic) bond motifs is 1. The van der Waals surface area contributed by atoms with Gasteiger partial charge in [0.25, 0.3) is 0 Å². The molecule has 3 heterocycles. The molecule has 0 aliphatic carbocycles. The quantitative estimate of drug-likeness (QED) is 0.553. The predicted molar refractivity (Wildman–Crippen MR) is 94.4 cm³/mol. The van der Waals surface area contributed by atoms with Gasteiger partial charge < -0.3 is 9.73 Å². The third kappa shape index (κ3) is 2.75. The number of benzene rings is 1. The number of furan rings is 1. The van der Waals surface area contributed by atoms with E-state index < -0.39 is 0 Å². The normalized spacial score (nSPS) is 11.0. The van der Waals surface area contributed by atoms with E-state index in [2.05, 4.69) is 33.4 Å². The summed E-state index contributed by atoms with van der Waals surface area (Å²) in [6, 6.07) is 18.0. The van der Waals surface area contributed by atoms with Crippen LogP contribution >= 0.6 is 15.9 Å². The zero-order chi connectivity index (χ0) is 15.6. The van der Waals surface area contributed by atoms with Crippen molar-refractivity contribution < 1.29 is 4.42 Å². The lowest BCUT2D eigenvalue weighted by Gasteiger charge is -2.08. The van der Waals surface area contributed by atoms with Crippen LogP contribution < -0.4 is 5.32 Å². The Morgan fingerprint density at radius 1 is 1.04 bits per heavy atom. The largest absolute Gasteiger partial charge is 0.463 e. The van der Waals surface area contributed by atoms with E-state index in [1.807, 2.05) is 53.1 Å². The Hall–Kier alpha value is -2.53. The molecule has 0 bridgehead atoms. The van der Waals surface area contributed by atoms with Crippen LogP contribution in [-0.4, -0.2) is 9.38 Å². The molecule has 0 unspecified atom stereocenters. The third-order valence-corrected chi connectivity index (χ3v) is 4.11. The Balaban J connectivity index is 1.79. The molecule has 4 nitrogen and oxygen atoms in total. The van der Waals surface area contributed by atoms with Crippen molar-refractivity contribution in [3.8, 4) is 11.5 Å². The number of nitrogens with zero attached hydrogens (tertiary/aromatic N) is 2. The van der Waals surface area contributed by atoms with Crippen LogP contribution in [0.15, 0.2) is 75.9 Å². The third-order valence-electron chi connectivity index (χ3n) is 3.64. The van der Waals surface area contributed by atoms with Crippen molar-refractivity contribution >= 4 is 27.4 Å². The highest BCUT2D eigenvalue weighted by molar-refractivity contribution is 9.10. The van der Waals surface area contributed by atoms with E-state index in [-0.39, 0.29) is 0 Å². The summed E-state index contributed by atoms with van der Waals surface area (Å²) in [5.74, 6) is 1.67. The lowest BCUT2D eigenvalue weighted by molar-refractivity contribution is 0.580. The highest BCUT2D eigenvalue weighted by Crippen LogP contribution is 2.30. The molecule has 23 heavy (non-hydrogen) atoms. The molecule has 0 saturated carbocycles. The van der Waals surface area contributed by atoms with E-state index >= 15 is 0 Å². The van der Waals surface area contributed by atoms with Gasteiger partial charge in [0, 0.05) is 17.2 Å². The summed E-state index contributed by atoms with van der Waals surface area (Å²) < 4.78 is 8.57. The number of hydrogen-bond acceptors (Lipinski definition) is 3. The molecule has 0 aliphatic heterocycles. The second kappa shape index (κ2) is 5.93. The average Bonchev–Trinajstić information content (AvgIpc) is 3.21. The van der Waals surface area contributed by atoms with Crippen LogP contribution in [0.3, 0.4) is 0 Å². The first-order valence-corrected chi connectivity index (χ1v) is 8.10. The number of halogens is 1. The number of nitrogens with one attached hydrogen (secondary N) is 1. The molecule has 0 spiro atoms. The maximum Gasteiger partial charge on any atom is 0.156 e. The number of rotatable bonds is 4. The molecule has 0 radical (unpaired) electrons. The fourth-order valence-electron chi connectivity index (χ4n) is 2.55. The van der Waals surface area contributed by atoms with Gasteiger partial charge >= 0.3 is 0 Å². The van der Waals surface area contributed by atoms with E-state index in [0.29, 0.717) is 0 Å². The Kier molecular flexibility index (Phi) is 3.63. The number of imidazole rings is 1. The van der Waals surface area contributed by atoms with Gasteiger partial charge in [-0.05, 0) is 45.8 Å². The molecule has 1 N–H and O–H groups in total. The van der Waals surface area contributed by atoms with Crippen molar-refractivity contribution in [2.24, 2.45) is 0 Å². The number of anilines is 1. The van der Waals surface area contributed by atoms with Crippen LogP contribution in [0.4, 0.5) is 5.82 Å². The minimum atomic E-state index is 0.717. The smallest absolute Gasteiger partial charge is 0.156 e. The van der Waals surface area contributed by atoms with Crippen LogP contribution in [0.5, 0.6) is 0 Å². The molecule has 4 rings (SSSR count). The van der Waals surface area contributed by atoms with Gasteiger partial charge in [0.15, 0.2) is 5.76 Å². The molecule has 0 atom stereocenters. The van der Waals surface area contributed by atoms with Gasteiger partial charge in [-0.25, -0.2) is 4.98 Å². The predicted octanol–water partition coefficient (Wildman–Crippen LogP) is 4.97. The van der Waals surface area contributed by atoms with Crippen molar-refractivity contribution in [3.05, 3.63) is 77.1 Å². The molecule has 0 amide bonds. The minimum absolute atomic E-state index is 0.717. The molecule has 3 aromatic heterocycles. The molecular weight excluding hydrogens is 354 g/mol. The molecule has 5 heteroatoms. The van der Waals surface area contributed by atoms with Crippen LogP contribution in [0, 0.1) is 0 Å². The zero-order valence-corrected chi connectivity index (χ0v) is 13.8. The topological polar surface area (TPSA) is 42.5 Å². The highest BCUT2D eigenvalue weighted by Gasteiger charge is 2.16. The van der Waals surface area contributed by atoms with Crippen molar-refractivity contribution in [1.82, 2.24) is 9.38 Å². The molecular formula is C18H14BrN3O. The van der Waals surface area contributed by atoms with Gasteiger partial charge in [0.05, 0.1) is 6.26 Å². The van der Waals surface area contributed by atoms with E-state index in [1.54, 1.807) is 6.26 Å². The van der Waals surface area contributed by atoms with Crippen LogP contribution in [-0.2, 0) is 6.54 Å². The summed E-state index contributed by atoms with van der Waals surface area (Å²) in [7, 11) is 0. The average molecular weight is 368 g/mol. The Labute approximate surface area is 141 Å². The monoisotopic (exact) mass is 367 g/mol. The van der Waals surface area contributed by atoms with E-state index in [1.165, 1.54) is 5.56 Å². The summed E-state index contributed by atoms with van der Waals surface area (Å²) in [6.45, 7) is 0.717. The molecule has 0 aliphatic rings. The van der Waals surface area contributed by atoms with Gasteiger partial charge in [0.1, 0.15) is 17.2 Å². The summed E-state index contributed by atoms with van der Waals surface area (Å²) in [5, 5.41) is 3.49. The van der Waals surface area contributed by atoms with Crippen molar-refractivity contribution in [3.63, 3.8) is 0 Å². The van der Waals surface area contributed by atoms with Gasteiger partial charge in [0.2, 0.25) is 0 Å². The second-order valence-corrected chi connectivity index (χ2v) is 6.12. The van der Waals surface area contributed by atoms with Crippen molar-refractivity contribution in [2.75, 3.05) is 5.32 Å². The van der Waals surface area contributed by atoms with Gasteiger partial charge in [-0.1, -0.05) is 30.3 Å². The van der Waals surface area contributed by atoms with E-state index in [4.69, 9.17) is 9.40 Å². The Morgan fingerprint density at radius 3 is 2.70 bits per heavy atom. The number of hydrogen-bond donors (Lipinski definition) is 1. The summed E-state index contributed by atoms with van der Waals surface area (Å²) in [6.07, 6.45) is 3.67. The highest BCUT2D eigenvalue weighted by atomic mass is 79.9. The van der Waals surface area contributed by atoms with E-state index in [0.717, 1.165) is 33.9 Å². The first kappa shape index (κ1) is 14.1. The summed E-state index contributed by atoms with van der Waals surface area (Å²) in [5.41, 5.74) is 2.89. The summed E-state index contributed by atoms with van der Waals surface area (Å²) >= 11 is 3.52. The van der Waals surface area contributed by atoms with E-state index in [9.17, 15) is 0 Å². The Morgan fingerprint density at radius 2 is 1.91 bits per heavy atom. The maximum absolute atomic E-state index is 5.54. The second-order valence-electron chi connectivity index (χ2n) is 5.20. The van der Waals surface area contributed by atoms with Crippen LogP contribution in [0.1, 0.15) is 5.56 Å². The molecule has 1 aromatic carbocycles. The fraction of sp³-hybridized carbons (Fsp3) is 0.0556. The van der Waals surface area contributed by atoms with Gasteiger partial charge in [-0.15, -0.1) is 0 Å². The van der Waals surface area contributed by atoms with Crippen molar-refractivity contribution in [2.45, 2.75) is 6.54 Å². The molecule has 0 saturated heterocycles. The van der Waals surface area contributed by atoms with Crippen LogP contribution in [0.25, 0.3) is 17.1 Å². The minimum Gasteiger partial charge on any atom is -0.463 e. The van der Waals surface area contributed by atoms with Crippen LogP contribution in [0.2, 0.25) is 0 Å². The Bertz CT molecular complexity index is 930. The van der Waals surface area contributed by atoms with Gasteiger partial charge in [-0.2, -0.15) is 0 Å². The number of pyridine rings is 1. The molecule has 4 aromatic rings. The molecule has 0 fully saturated rings. The fourth-order valence-corrected chi connectivity index (χ4v) is 2.89. The first-order chi connectivity index (χ1) is 11.3.